The van der Waals surface area contributed by atoms with Crippen molar-refractivity contribution in [3.8, 4) is 0 Å². The van der Waals surface area contributed by atoms with Gasteiger partial charge in [-0.25, -0.2) is 9.37 Å². The smallest absolute Gasteiger partial charge is 0.125 e. The Bertz CT molecular complexity index is 661. The van der Waals surface area contributed by atoms with Gasteiger partial charge >= 0.3 is 0 Å². The van der Waals surface area contributed by atoms with Gasteiger partial charge < -0.3 is 10.3 Å². The first-order valence-corrected chi connectivity index (χ1v) is 7.87. The Morgan fingerprint density at radius 1 is 1.38 bits per heavy atom. The number of aromatic nitrogens is 2. The molecule has 0 amide bonds. The molecule has 0 spiro atoms. The Kier molecular flexibility index (Phi) is 3.52. The van der Waals surface area contributed by atoms with Crippen LogP contribution in [0, 0.1) is 5.82 Å². The Balaban J connectivity index is 2.23. The van der Waals surface area contributed by atoms with Crippen molar-refractivity contribution in [2.75, 3.05) is 0 Å². The van der Waals surface area contributed by atoms with Gasteiger partial charge in [0.1, 0.15) is 11.6 Å². The fourth-order valence-electron chi connectivity index (χ4n) is 3.64. The third-order valence-corrected chi connectivity index (χ3v) is 4.96. The second-order valence-electron chi connectivity index (χ2n) is 6.80. The monoisotopic (exact) mass is 289 g/mol. The molecule has 1 heterocycles. The molecular formula is C17H24FN3. The van der Waals surface area contributed by atoms with E-state index in [0.29, 0.717) is 0 Å². The fraction of sp³-hybridized carbons (Fsp3) is 0.588. The number of hydrogen-bond donors (Lipinski definition) is 1. The molecule has 2 atom stereocenters. The molecule has 0 radical (unpaired) electrons. The second-order valence-corrected chi connectivity index (χ2v) is 6.80. The first kappa shape index (κ1) is 14.5. The molecule has 0 bridgehead atoms. The molecule has 0 saturated heterocycles. The van der Waals surface area contributed by atoms with E-state index in [0.717, 1.165) is 29.7 Å². The van der Waals surface area contributed by atoms with E-state index in [-0.39, 0.29) is 23.3 Å². The van der Waals surface area contributed by atoms with Crippen LogP contribution in [0.5, 0.6) is 0 Å². The van der Waals surface area contributed by atoms with E-state index < -0.39 is 0 Å². The summed E-state index contributed by atoms with van der Waals surface area (Å²) in [7, 11) is 0. The molecule has 114 valence electrons. The fourth-order valence-corrected chi connectivity index (χ4v) is 3.64. The Morgan fingerprint density at radius 3 is 2.81 bits per heavy atom. The Labute approximate surface area is 125 Å². The highest BCUT2D eigenvalue weighted by Gasteiger charge is 2.40. The minimum Gasteiger partial charge on any atom is -0.327 e. The van der Waals surface area contributed by atoms with Crippen LogP contribution < -0.4 is 5.73 Å². The zero-order valence-corrected chi connectivity index (χ0v) is 13.1. The lowest BCUT2D eigenvalue weighted by Gasteiger charge is -2.39. The summed E-state index contributed by atoms with van der Waals surface area (Å²) in [5, 5.41) is 0. The predicted octanol–water partition coefficient (Wildman–Crippen LogP) is 3.92. The van der Waals surface area contributed by atoms with Crippen LogP contribution in [0.2, 0.25) is 0 Å². The van der Waals surface area contributed by atoms with E-state index >= 15 is 0 Å². The maximum atomic E-state index is 13.5. The van der Waals surface area contributed by atoms with Crippen molar-refractivity contribution in [3.63, 3.8) is 0 Å². The molecule has 1 saturated carbocycles. The molecule has 1 aromatic carbocycles. The first-order chi connectivity index (χ1) is 9.93. The molecule has 3 rings (SSSR count). The number of halogens is 1. The number of benzene rings is 1. The molecule has 21 heavy (non-hydrogen) atoms. The van der Waals surface area contributed by atoms with E-state index in [4.69, 9.17) is 10.7 Å². The lowest BCUT2D eigenvalue weighted by Crippen LogP contribution is -2.47. The highest BCUT2D eigenvalue weighted by Crippen LogP contribution is 2.40. The number of hydrogen-bond acceptors (Lipinski definition) is 2. The summed E-state index contributed by atoms with van der Waals surface area (Å²) in [5.41, 5.74) is 8.05. The highest BCUT2D eigenvalue weighted by molar-refractivity contribution is 5.76. The summed E-state index contributed by atoms with van der Waals surface area (Å²) >= 11 is 0. The van der Waals surface area contributed by atoms with Gasteiger partial charge in [0.05, 0.1) is 11.0 Å². The minimum atomic E-state index is -0.236. The van der Waals surface area contributed by atoms with Gasteiger partial charge in [-0.15, -0.1) is 0 Å². The normalized spacial score (nSPS) is 26.7. The molecule has 1 fully saturated rings. The van der Waals surface area contributed by atoms with E-state index in [2.05, 4.69) is 25.3 Å². The van der Waals surface area contributed by atoms with Crippen LogP contribution >= 0.6 is 0 Å². The van der Waals surface area contributed by atoms with Gasteiger partial charge in [-0.05, 0) is 38.8 Å². The zero-order chi connectivity index (χ0) is 15.2. The third-order valence-electron chi connectivity index (χ3n) is 4.96. The lowest BCUT2D eigenvalue weighted by atomic mass is 9.71. The molecule has 2 unspecified atom stereocenters. The largest absolute Gasteiger partial charge is 0.327 e. The van der Waals surface area contributed by atoms with Crippen LogP contribution in [0.25, 0.3) is 11.0 Å². The molecule has 2 aromatic rings. The molecular weight excluding hydrogens is 265 g/mol. The van der Waals surface area contributed by atoms with E-state index in [1.54, 1.807) is 0 Å². The van der Waals surface area contributed by atoms with E-state index in [9.17, 15) is 4.39 Å². The molecule has 4 heteroatoms. The highest BCUT2D eigenvalue weighted by atomic mass is 19.1. The van der Waals surface area contributed by atoms with Crippen molar-refractivity contribution < 1.29 is 4.39 Å². The minimum absolute atomic E-state index is 0.116. The molecule has 0 aliphatic heterocycles. The summed E-state index contributed by atoms with van der Waals surface area (Å²) in [4.78, 5) is 4.78. The van der Waals surface area contributed by atoms with Crippen molar-refractivity contribution >= 4 is 11.0 Å². The van der Waals surface area contributed by atoms with E-state index in [1.165, 1.54) is 25.0 Å². The van der Waals surface area contributed by atoms with Gasteiger partial charge in [0.25, 0.3) is 0 Å². The summed E-state index contributed by atoms with van der Waals surface area (Å²) in [6, 6.07) is 5.26. The lowest BCUT2D eigenvalue weighted by molar-refractivity contribution is 0.249. The van der Waals surface area contributed by atoms with Crippen LogP contribution in [-0.2, 0) is 5.41 Å². The standard InChI is InChI=1S/C17H24FN3/c1-11(2)21-14-8-7-12(18)10-13(14)20-16(21)17(3)9-5-4-6-15(17)19/h7-8,10-11,15H,4-6,9,19H2,1-3H3. The Morgan fingerprint density at radius 2 is 2.14 bits per heavy atom. The van der Waals surface area contributed by atoms with Gasteiger partial charge in [-0.1, -0.05) is 19.8 Å². The van der Waals surface area contributed by atoms with E-state index in [1.807, 2.05) is 6.07 Å². The van der Waals surface area contributed by atoms with Gasteiger partial charge in [0.2, 0.25) is 0 Å². The molecule has 1 aliphatic rings. The molecule has 1 aromatic heterocycles. The van der Waals surface area contributed by atoms with Gasteiger partial charge in [-0.2, -0.15) is 0 Å². The number of fused-ring (bicyclic) bond motifs is 1. The van der Waals surface area contributed by atoms with Gasteiger partial charge in [0.15, 0.2) is 0 Å². The molecule has 2 N–H and O–H groups in total. The maximum absolute atomic E-state index is 13.5. The van der Waals surface area contributed by atoms with Crippen molar-refractivity contribution in [3.05, 3.63) is 29.8 Å². The quantitative estimate of drug-likeness (QED) is 0.910. The summed E-state index contributed by atoms with van der Waals surface area (Å²) in [5.74, 6) is 0.783. The van der Waals surface area contributed by atoms with Crippen LogP contribution in [-0.4, -0.2) is 15.6 Å². The summed E-state index contributed by atoms with van der Waals surface area (Å²) in [6.45, 7) is 6.50. The number of nitrogens with zero attached hydrogens (tertiary/aromatic N) is 2. The predicted molar refractivity (Wildman–Crippen MR) is 83.9 cm³/mol. The van der Waals surface area contributed by atoms with Crippen LogP contribution in [0.15, 0.2) is 18.2 Å². The SMILES string of the molecule is CC(C)n1c(C2(C)CCCCC2N)nc2cc(F)ccc21. The second kappa shape index (κ2) is 5.09. The van der Waals surface area contributed by atoms with Crippen LogP contribution in [0.3, 0.4) is 0 Å². The zero-order valence-electron chi connectivity index (χ0n) is 13.1. The summed E-state index contributed by atoms with van der Waals surface area (Å²) in [6.07, 6.45) is 4.45. The van der Waals surface area contributed by atoms with Crippen molar-refractivity contribution in [1.29, 1.82) is 0 Å². The molecule has 3 nitrogen and oxygen atoms in total. The number of rotatable bonds is 2. The number of nitrogens with two attached hydrogens (primary N) is 1. The summed E-state index contributed by atoms with van der Waals surface area (Å²) < 4.78 is 15.8. The van der Waals surface area contributed by atoms with Gasteiger partial charge in [-0.3, -0.25) is 0 Å². The van der Waals surface area contributed by atoms with Crippen LogP contribution in [0.4, 0.5) is 4.39 Å². The maximum Gasteiger partial charge on any atom is 0.125 e. The van der Waals surface area contributed by atoms with Crippen molar-refractivity contribution in [1.82, 2.24) is 9.55 Å². The van der Waals surface area contributed by atoms with Crippen molar-refractivity contribution in [2.24, 2.45) is 5.73 Å². The average molecular weight is 289 g/mol. The topological polar surface area (TPSA) is 43.8 Å². The van der Waals surface area contributed by atoms with Gasteiger partial charge in [0, 0.05) is 23.6 Å². The van der Waals surface area contributed by atoms with Crippen LogP contribution in [0.1, 0.15) is 58.3 Å². The third kappa shape index (κ3) is 2.26. The number of imidazole rings is 1. The Hall–Kier alpha value is -1.42. The molecule has 1 aliphatic carbocycles. The van der Waals surface area contributed by atoms with Crippen molar-refractivity contribution in [2.45, 2.75) is 64.0 Å². The first-order valence-electron chi connectivity index (χ1n) is 7.87. The average Bonchev–Trinajstić information content (AvgIpc) is 2.81.